The van der Waals surface area contributed by atoms with Gasteiger partial charge >= 0.3 is 11.9 Å². The second-order valence-corrected chi connectivity index (χ2v) is 5.08. The van der Waals surface area contributed by atoms with E-state index < -0.39 is 17.4 Å². The zero-order valence-electron chi connectivity index (χ0n) is 14.8. The smallest absolute Gasteiger partial charge is 0.323 e. The van der Waals surface area contributed by atoms with E-state index in [0.717, 1.165) is 0 Å². The third-order valence-corrected chi connectivity index (χ3v) is 3.50. The molecule has 0 amide bonds. The summed E-state index contributed by atoms with van der Waals surface area (Å²) in [5, 5.41) is 0. The van der Waals surface area contributed by atoms with Crippen molar-refractivity contribution in [2.75, 3.05) is 13.2 Å². The van der Waals surface area contributed by atoms with Gasteiger partial charge < -0.3 is 9.47 Å². The van der Waals surface area contributed by atoms with E-state index in [4.69, 9.17) is 9.47 Å². The Morgan fingerprint density at radius 3 is 1.52 bits per heavy atom. The first-order chi connectivity index (χ1) is 11.1. The van der Waals surface area contributed by atoms with Crippen LogP contribution >= 0.6 is 0 Å². The van der Waals surface area contributed by atoms with Crippen LogP contribution < -0.4 is 0 Å². The Kier molecular flexibility index (Phi) is 11.5. The predicted octanol–water partition coefficient (Wildman–Crippen LogP) is 3.49. The number of rotatable bonds is 10. The Morgan fingerprint density at radius 2 is 1.22 bits per heavy atom. The van der Waals surface area contributed by atoms with Gasteiger partial charge in [-0.05, 0) is 53.4 Å². The zero-order chi connectivity index (χ0) is 17.6. The van der Waals surface area contributed by atoms with Gasteiger partial charge in [-0.3, -0.25) is 9.59 Å². The summed E-state index contributed by atoms with van der Waals surface area (Å²) in [4.78, 5) is 25.0. The molecule has 0 aliphatic carbocycles. The highest BCUT2D eigenvalue weighted by Gasteiger charge is 2.47. The third kappa shape index (κ3) is 7.24. The Hall–Kier alpha value is -1.94. The molecule has 0 fully saturated rings. The van der Waals surface area contributed by atoms with Gasteiger partial charge in [-0.2, -0.15) is 0 Å². The molecule has 0 saturated heterocycles. The maximum atomic E-state index is 12.5. The summed E-state index contributed by atoms with van der Waals surface area (Å²) in [7, 11) is 0. The van der Waals surface area contributed by atoms with Gasteiger partial charge in [-0.25, -0.2) is 0 Å². The molecule has 0 heterocycles. The van der Waals surface area contributed by atoms with E-state index in [1.807, 2.05) is 0 Å². The molecule has 128 valence electrons. The fourth-order valence-electron chi connectivity index (χ4n) is 2.36. The fourth-order valence-corrected chi connectivity index (χ4v) is 2.36. The van der Waals surface area contributed by atoms with E-state index in [2.05, 4.69) is 23.7 Å². The molecule has 0 spiro atoms. The Bertz CT molecular complexity index is 439. The topological polar surface area (TPSA) is 52.6 Å². The lowest BCUT2D eigenvalue weighted by atomic mass is 9.78. The standard InChI is InChI=1S/C19H28O4/c1-5-9-11-13-15-19(17(20)22-7-3,18(21)23-8-4)16-14-12-10-6-2/h7-8,11-16H2,1-4H3. The van der Waals surface area contributed by atoms with Crippen molar-refractivity contribution < 1.29 is 19.1 Å². The molecule has 23 heavy (non-hydrogen) atoms. The van der Waals surface area contributed by atoms with E-state index in [1.165, 1.54) is 0 Å². The van der Waals surface area contributed by atoms with Gasteiger partial charge in [0.2, 0.25) is 0 Å². The molecule has 0 rings (SSSR count). The molecule has 0 bridgehead atoms. The van der Waals surface area contributed by atoms with Gasteiger partial charge in [0.05, 0.1) is 13.2 Å². The van der Waals surface area contributed by atoms with Crippen LogP contribution in [0.4, 0.5) is 0 Å². The van der Waals surface area contributed by atoms with Crippen LogP contribution in [0.15, 0.2) is 0 Å². The summed E-state index contributed by atoms with van der Waals surface area (Å²) in [5.41, 5.74) is -1.24. The molecule has 0 atom stereocenters. The first-order valence-corrected chi connectivity index (χ1v) is 8.22. The minimum absolute atomic E-state index is 0.240. The highest BCUT2D eigenvalue weighted by molar-refractivity contribution is 6.00. The van der Waals surface area contributed by atoms with Crippen LogP contribution in [-0.2, 0) is 19.1 Å². The number of unbranched alkanes of at least 4 members (excludes halogenated alkanes) is 2. The van der Waals surface area contributed by atoms with Crippen LogP contribution in [0.25, 0.3) is 0 Å². The van der Waals surface area contributed by atoms with Crippen molar-refractivity contribution in [3.8, 4) is 23.7 Å². The summed E-state index contributed by atoms with van der Waals surface area (Å²) < 4.78 is 10.4. The summed E-state index contributed by atoms with van der Waals surface area (Å²) in [6.45, 7) is 7.49. The summed E-state index contributed by atoms with van der Waals surface area (Å²) >= 11 is 0. The van der Waals surface area contributed by atoms with Crippen LogP contribution in [0.3, 0.4) is 0 Å². The van der Waals surface area contributed by atoms with Crippen molar-refractivity contribution >= 4 is 11.9 Å². The normalized spacial score (nSPS) is 9.91. The lowest BCUT2D eigenvalue weighted by Crippen LogP contribution is -2.42. The maximum Gasteiger partial charge on any atom is 0.323 e. The average molecular weight is 320 g/mol. The van der Waals surface area contributed by atoms with Crippen molar-refractivity contribution in [2.24, 2.45) is 5.41 Å². The maximum absolute atomic E-state index is 12.5. The summed E-state index contributed by atoms with van der Waals surface area (Å²) in [6, 6.07) is 0. The largest absolute Gasteiger partial charge is 0.465 e. The van der Waals surface area contributed by atoms with Gasteiger partial charge in [-0.1, -0.05) is 0 Å². The highest BCUT2D eigenvalue weighted by Crippen LogP contribution is 2.34. The van der Waals surface area contributed by atoms with Crippen molar-refractivity contribution in [1.29, 1.82) is 0 Å². The second kappa shape index (κ2) is 12.6. The van der Waals surface area contributed by atoms with Crippen molar-refractivity contribution in [3.05, 3.63) is 0 Å². The molecule has 0 aliphatic rings. The van der Waals surface area contributed by atoms with E-state index in [0.29, 0.717) is 38.5 Å². The average Bonchev–Trinajstić information content (AvgIpc) is 2.54. The minimum Gasteiger partial charge on any atom is -0.465 e. The van der Waals surface area contributed by atoms with E-state index >= 15 is 0 Å². The molecule has 0 radical (unpaired) electrons. The van der Waals surface area contributed by atoms with Gasteiger partial charge in [-0.15, -0.1) is 23.7 Å². The van der Waals surface area contributed by atoms with Gasteiger partial charge in [0.15, 0.2) is 5.41 Å². The molecule has 0 N–H and O–H groups in total. The number of esters is 2. The molecular weight excluding hydrogens is 292 g/mol. The monoisotopic (exact) mass is 320 g/mol. The number of ether oxygens (including phenoxy) is 2. The zero-order valence-corrected chi connectivity index (χ0v) is 14.8. The molecule has 0 aromatic heterocycles. The van der Waals surface area contributed by atoms with Gasteiger partial charge in [0.25, 0.3) is 0 Å². The Morgan fingerprint density at radius 1 is 0.826 bits per heavy atom. The first kappa shape index (κ1) is 21.1. The molecule has 0 aromatic carbocycles. The van der Waals surface area contributed by atoms with Crippen molar-refractivity contribution in [3.63, 3.8) is 0 Å². The second-order valence-electron chi connectivity index (χ2n) is 5.08. The third-order valence-electron chi connectivity index (χ3n) is 3.50. The number of hydrogen-bond acceptors (Lipinski definition) is 4. The summed E-state index contributed by atoms with van der Waals surface area (Å²) in [5.74, 6) is 10.6. The van der Waals surface area contributed by atoms with Crippen LogP contribution in [0.1, 0.15) is 66.2 Å². The van der Waals surface area contributed by atoms with Crippen LogP contribution in [0.2, 0.25) is 0 Å². The van der Waals surface area contributed by atoms with E-state index in [-0.39, 0.29) is 13.2 Å². The molecule has 0 aliphatic heterocycles. The lowest BCUT2D eigenvalue weighted by Gasteiger charge is -2.28. The van der Waals surface area contributed by atoms with Crippen molar-refractivity contribution in [2.45, 2.75) is 66.2 Å². The molecule has 0 aromatic rings. The summed E-state index contributed by atoms with van der Waals surface area (Å²) in [6.07, 6.45) is 3.37. The number of hydrogen-bond donors (Lipinski definition) is 0. The molecule has 0 saturated carbocycles. The first-order valence-electron chi connectivity index (χ1n) is 8.22. The van der Waals surface area contributed by atoms with Crippen LogP contribution in [-0.4, -0.2) is 25.2 Å². The predicted molar refractivity (Wildman–Crippen MR) is 90.3 cm³/mol. The molecule has 0 unspecified atom stereocenters. The van der Waals surface area contributed by atoms with Gasteiger partial charge in [0, 0.05) is 12.8 Å². The van der Waals surface area contributed by atoms with Gasteiger partial charge in [0.1, 0.15) is 0 Å². The molecule has 4 heteroatoms. The van der Waals surface area contributed by atoms with Crippen LogP contribution in [0.5, 0.6) is 0 Å². The van der Waals surface area contributed by atoms with E-state index in [1.54, 1.807) is 27.7 Å². The van der Waals surface area contributed by atoms with Crippen molar-refractivity contribution in [1.82, 2.24) is 0 Å². The highest BCUT2D eigenvalue weighted by atomic mass is 16.6. The number of carbonyl (C=O) groups excluding carboxylic acids is 2. The SMILES string of the molecule is CC#CCCCC(CCCC#CC)(C(=O)OCC)C(=O)OCC. The molecular formula is C19H28O4. The Balaban J connectivity index is 5.28. The quantitative estimate of drug-likeness (QED) is 0.268. The lowest BCUT2D eigenvalue weighted by molar-refractivity contribution is -0.173. The van der Waals surface area contributed by atoms with Crippen LogP contribution in [0, 0.1) is 29.1 Å². The fraction of sp³-hybridized carbons (Fsp3) is 0.684. The number of carbonyl (C=O) groups is 2. The Labute approximate surface area is 140 Å². The minimum atomic E-state index is -1.24. The molecule has 4 nitrogen and oxygen atoms in total. The van der Waals surface area contributed by atoms with E-state index in [9.17, 15) is 9.59 Å².